The molecule has 0 fully saturated rings. The SMILES string of the molecule is CC1=C(C(=O)Nc2ccc([N+](=O)[O-])cc2)[C@H](c2c(F)cccc2F)NC(=O)N1. The molecule has 1 heterocycles. The maximum absolute atomic E-state index is 14.2. The van der Waals surface area contributed by atoms with Crippen molar-refractivity contribution in [2.24, 2.45) is 0 Å². The number of amides is 3. The Morgan fingerprint density at radius 1 is 1.14 bits per heavy atom. The van der Waals surface area contributed by atoms with Crippen LogP contribution in [0.3, 0.4) is 0 Å². The third kappa shape index (κ3) is 3.65. The van der Waals surface area contributed by atoms with Crippen molar-refractivity contribution in [3.8, 4) is 0 Å². The molecule has 1 atom stereocenters. The summed E-state index contributed by atoms with van der Waals surface area (Å²) >= 11 is 0. The standard InChI is InChI=1S/C18H14F2N4O4/c1-9-14(17(25)22-10-5-7-11(8-6-10)24(27)28)16(23-18(26)21-9)15-12(19)3-2-4-13(15)20/h2-8,16H,1H3,(H,22,25)(H2,21,23,26)/t16-/m1/s1. The zero-order valence-corrected chi connectivity index (χ0v) is 14.5. The molecule has 1 aliphatic rings. The molecule has 144 valence electrons. The first kappa shape index (κ1) is 19.0. The summed E-state index contributed by atoms with van der Waals surface area (Å²) in [6.45, 7) is 1.43. The lowest BCUT2D eigenvalue weighted by Gasteiger charge is -2.29. The molecule has 0 bridgehead atoms. The number of rotatable bonds is 4. The van der Waals surface area contributed by atoms with E-state index >= 15 is 0 Å². The Hall–Kier alpha value is -3.82. The van der Waals surface area contributed by atoms with Gasteiger partial charge in [0.1, 0.15) is 11.6 Å². The fraction of sp³-hybridized carbons (Fsp3) is 0.111. The van der Waals surface area contributed by atoms with Crippen molar-refractivity contribution in [1.82, 2.24) is 10.6 Å². The summed E-state index contributed by atoms with van der Waals surface area (Å²) in [6.07, 6.45) is 0. The molecule has 8 nitrogen and oxygen atoms in total. The van der Waals surface area contributed by atoms with E-state index in [0.29, 0.717) is 0 Å². The van der Waals surface area contributed by atoms with Gasteiger partial charge in [0.05, 0.1) is 22.1 Å². The number of anilines is 1. The van der Waals surface area contributed by atoms with E-state index in [1.807, 2.05) is 0 Å². The van der Waals surface area contributed by atoms with Crippen LogP contribution in [0.25, 0.3) is 0 Å². The predicted molar refractivity (Wildman–Crippen MR) is 95.2 cm³/mol. The number of carbonyl (C=O) groups excluding carboxylic acids is 2. The zero-order valence-electron chi connectivity index (χ0n) is 14.5. The predicted octanol–water partition coefficient (Wildman–Crippen LogP) is 3.14. The lowest BCUT2D eigenvalue weighted by molar-refractivity contribution is -0.384. The molecule has 3 amide bonds. The number of halogens is 2. The van der Waals surface area contributed by atoms with E-state index in [1.165, 1.54) is 37.3 Å². The molecule has 1 aliphatic heterocycles. The Labute approximate surface area is 157 Å². The number of nitrogens with zero attached hydrogens (tertiary/aromatic N) is 1. The Morgan fingerprint density at radius 3 is 2.32 bits per heavy atom. The number of urea groups is 1. The van der Waals surface area contributed by atoms with Crippen LogP contribution in [-0.2, 0) is 4.79 Å². The highest BCUT2D eigenvalue weighted by atomic mass is 19.1. The molecule has 28 heavy (non-hydrogen) atoms. The van der Waals surface area contributed by atoms with Crippen molar-refractivity contribution in [2.45, 2.75) is 13.0 Å². The van der Waals surface area contributed by atoms with Gasteiger partial charge < -0.3 is 16.0 Å². The average Bonchev–Trinajstić information content (AvgIpc) is 2.61. The van der Waals surface area contributed by atoms with Gasteiger partial charge in [-0.25, -0.2) is 13.6 Å². The Balaban J connectivity index is 1.96. The van der Waals surface area contributed by atoms with E-state index in [2.05, 4.69) is 16.0 Å². The first-order chi connectivity index (χ1) is 13.3. The molecule has 0 aromatic heterocycles. The number of hydrogen-bond acceptors (Lipinski definition) is 4. The number of nitro benzene ring substituents is 1. The van der Waals surface area contributed by atoms with Gasteiger partial charge >= 0.3 is 6.03 Å². The van der Waals surface area contributed by atoms with Crippen LogP contribution in [-0.4, -0.2) is 16.9 Å². The first-order valence-corrected chi connectivity index (χ1v) is 8.06. The van der Waals surface area contributed by atoms with Crippen LogP contribution in [0, 0.1) is 21.7 Å². The smallest absolute Gasteiger partial charge is 0.319 e. The van der Waals surface area contributed by atoms with Crippen molar-refractivity contribution in [1.29, 1.82) is 0 Å². The zero-order chi connectivity index (χ0) is 20.4. The normalized spacial score (nSPS) is 16.2. The second-order valence-electron chi connectivity index (χ2n) is 5.96. The Bertz CT molecular complexity index is 985. The van der Waals surface area contributed by atoms with E-state index < -0.39 is 40.1 Å². The molecular weight excluding hydrogens is 374 g/mol. The summed E-state index contributed by atoms with van der Waals surface area (Å²) in [4.78, 5) is 34.7. The van der Waals surface area contributed by atoms with Crippen LogP contribution >= 0.6 is 0 Å². The Morgan fingerprint density at radius 2 is 1.75 bits per heavy atom. The van der Waals surface area contributed by atoms with E-state index in [9.17, 15) is 28.5 Å². The van der Waals surface area contributed by atoms with Gasteiger partial charge in [0.15, 0.2) is 0 Å². The molecule has 0 saturated carbocycles. The van der Waals surface area contributed by atoms with Crippen LogP contribution in [0.5, 0.6) is 0 Å². The number of carbonyl (C=O) groups is 2. The second kappa shape index (κ2) is 7.43. The van der Waals surface area contributed by atoms with E-state index in [4.69, 9.17) is 0 Å². The maximum Gasteiger partial charge on any atom is 0.319 e. The Kier molecular flexibility index (Phi) is 5.03. The van der Waals surface area contributed by atoms with Crippen LogP contribution in [0.2, 0.25) is 0 Å². The summed E-state index contributed by atoms with van der Waals surface area (Å²) in [5.41, 5.74) is -0.366. The quantitative estimate of drug-likeness (QED) is 0.551. The number of non-ortho nitro benzene ring substituents is 1. The summed E-state index contributed by atoms with van der Waals surface area (Å²) in [5, 5.41) is 18.0. The van der Waals surface area contributed by atoms with Gasteiger partial charge in [-0.05, 0) is 31.2 Å². The molecule has 2 aromatic rings. The fourth-order valence-corrected chi connectivity index (χ4v) is 2.86. The highest BCUT2D eigenvalue weighted by molar-refractivity contribution is 6.06. The number of nitrogens with one attached hydrogen (secondary N) is 3. The average molecular weight is 388 g/mol. The minimum atomic E-state index is -1.35. The molecule has 0 aliphatic carbocycles. The molecule has 3 N–H and O–H groups in total. The highest BCUT2D eigenvalue weighted by Gasteiger charge is 2.34. The first-order valence-electron chi connectivity index (χ1n) is 8.06. The van der Waals surface area contributed by atoms with Crippen LogP contribution in [0.4, 0.5) is 25.0 Å². The van der Waals surface area contributed by atoms with Crippen molar-refractivity contribution in [3.63, 3.8) is 0 Å². The number of hydrogen-bond donors (Lipinski definition) is 3. The van der Waals surface area contributed by atoms with Crippen LogP contribution in [0.15, 0.2) is 53.7 Å². The molecular formula is C18H14F2N4O4. The number of allylic oxidation sites excluding steroid dienone is 1. The molecule has 0 radical (unpaired) electrons. The van der Waals surface area contributed by atoms with Gasteiger partial charge in [-0.15, -0.1) is 0 Å². The molecule has 3 rings (SSSR count). The molecule has 0 spiro atoms. The van der Waals surface area contributed by atoms with Gasteiger partial charge in [0.25, 0.3) is 11.6 Å². The fourth-order valence-electron chi connectivity index (χ4n) is 2.86. The molecule has 10 heteroatoms. The largest absolute Gasteiger partial charge is 0.326 e. The molecule has 0 unspecified atom stereocenters. The van der Waals surface area contributed by atoms with Crippen molar-refractivity contribution < 1.29 is 23.3 Å². The minimum absolute atomic E-state index is 0.0954. The van der Waals surface area contributed by atoms with E-state index in [0.717, 1.165) is 12.1 Å². The third-order valence-electron chi connectivity index (χ3n) is 4.14. The van der Waals surface area contributed by atoms with Gasteiger partial charge in [-0.3, -0.25) is 14.9 Å². The molecule has 0 saturated heterocycles. The highest BCUT2D eigenvalue weighted by Crippen LogP contribution is 2.31. The van der Waals surface area contributed by atoms with Gasteiger partial charge in [-0.1, -0.05) is 6.07 Å². The maximum atomic E-state index is 14.2. The third-order valence-corrected chi connectivity index (χ3v) is 4.14. The second-order valence-corrected chi connectivity index (χ2v) is 5.96. The monoisotopic (exact) mass is 388 g/mol. The van der Waals surface area contributed by atoms with Gasteiger partial charge in [0, 0.05) is 23.5 Å². The summed E-state index contributed by atoms with van der Waals surface area (Å²) in [7, 11) is 0. The lowest BCUT2D eigenvalue weighted by Crippen LogP contribution is -2.46. The topological polar surface area (TPSA) is 113 Å². The van der Waals surface area contributed by atoms with Gasteiger partial charge in [-0.2, -0.15) is 0 Å². The summed E-state index contributed by atoms with van der Waals surface area (Å²) in [6, 6.07) is 6.19. The number of nitro groups is 1. The van der Waals surface area contributed by atoms with Gasteiger partial charge in [0.2, 0.25) is 0 Å². The summed E-state index contributed by atoms with van der Waals surface area (Å²) in [5.74, 6) is -2.56. The van der Waals surface area contributed by atoms with E-state index in [-0.39, 0.29) is 22.6 Å². The van der Waals surface area contributed by atoms with Crippen LogP contribution in [0.1, 0.15) is 18.5 Å². The van der Waals surface area contributed by atoms with Crippen molar-refractivity contribution >= 4 is 23.3 Å². The van der Waals surface area contributed by atoms with E-state index in [1.54, 1.807) is 0 Å². The minimum Gasteiger partial charge on any atom is -0.326 e. The summed E-state index contributed by atoms with van der Waals surface area (Å²) < 4.78 is 28.5. The van der Waals surface area contributed by atoms with Crippen LogP contribution < -0.4 is 16.0 Å². The number of benzene rings is 2. The van der Waals surface area contributed by atoms with Crippen molar-refractivity contribution in [2.75, 3.05) is 5.32 Å². The van der Waals surface area contributed by atoms with Crippen molar-refractivity contribution in [3.05, 3.63) is 81.0 Å². The molecule has 2 aromatic carbocycles. The lowest BCUT2D eigenvalue weighted by atomic mass is 9.94.